The van der Waals surface area contributed by atoms with E-state index in [4.69, 9.17) is 11.5 Å². The molecule has 1 heterocycles. The van der Waals surface area contributed by atoms with Gasteiger partial charge in [0.2, 0.25) is 17.7 Å². The Morgan fingerprint density at radius 2 is 1.81 bits per heavy atom. The number of likely N-dealkylation sites (tertiary alicyclic amines) is 1. The van der Waals surface area contributed by atoms with E-state index in [9.17, 15) is 29.4 Å². The highest BCUT2D eigenvalue weighted by molar-refractivity contribution is 5.94. The molecule has 0 radical (unpaired) electrons. The first kappa shape index (κ1) is 27.8. The SMILES string of the molecule is CCC(C)C(N)C(=O)N1CCCC1C(=O)NC(CCCCN)C(=O)NC(C(=O)O)C(C)O. The van der Waals surface area contributed by atoms with Crippen LogP contribution in [0.5, 0.6) is 0 Å². The molecular weight excluding hydrogens is 418 g/mol. The molecule has 11 nitrogen and oxygen atoms in total. The Kier molecular flexibility index (Phi) is 11.6. The van der Waals surface area contributed by atoms with Gasteiger partial charge in [0, 0.05) is 6.54 Å². The predicted molar refractivity (Wildman–Crippen MR) is 118 cm³/mol. The van der Waals surface area contributed by atoms with Gasteiger partial charge < -0.3 is 37.2 Å². The molecule has 3 amide bonds. The first-order valence-corrected chi connectivity index (χ1v) is 11.3. The average molecular weight is 458 g/mol. The van der Waals surface area contributed by atoms with Gasteiger partial charge in [0.25, 0.3) is 0 Å². The lowest BCUT2D eigenvalue weighted by atomic mass is 9.98. The maximum Gasteiger partial charge on any atom is 0.328 e. The highest BCUT2D eigenvalue weighted by atomic mass is 16.4. The van der Waals surface area contributed by atoms with E-state index in [2.05, 4.69) is 10.6 Å². The lowest BCUT2D eigenvalue weighted by Gasteiger charge is -2.30. The van der Waals surface area contributed by atoms with Gasteiger partial charge in [-0.3, -0.25) is 14.4 Å². The predicted octanol–water partition coefficient (Wildman–Crippen LogP) is -1.09. The molecule has 0 aromatic heterocycles. The lowest BCUT2D eigenvalue weighted by Crippen LogP contribution is -2.58. The number of carbonyl (C=O) groups excluding carboxylic acids is 3. The quantitative estimate of drug-likeness (QED) is 0.188. The van der Waals surface area contributed by atoms with Gasteiger partial charge in [-0.1, -0.05) is 20.3 Å². The number of carboxylic acids is 1. The number of nitrogens with zero attached hydrogens (tertiary/aromatic N) is 1. The molecule has 1 saturated heterocycles. The smallest absolute Gasteiger partial charge is 0.328 e. The van der Waals surface area contributed by atoms with Crippen LogP contribution in [0.25, 0.3) is 0 Å². The van der Waals surface area contributed by atoms with E-state index in [1.165, 1.54) is 11.8 Å². The van der Waals surface area contributed by atoms with Crippen molar-refractivity contribution in [1.82, 2.24) is 15.5 Å². The Balaban J connectivity index is 2.93. The van der Waals surface area contributed by atoms with Crippen molar-refractivity contribution in [3.63, 3.8) is 0 Å². The zero-order valence-corrected chi connectivity index (χ0v) is 19.3. The molecule has 1 fully saturated rings. The molecule has 184 valence electrons. The summed E-state index contributed by atoms with van der Waals surface area (Å²) in [5.74, 6) is -2.90. The number of aliphatic hydroxyl groups is 1. The second kappa shape index (κ2) is 13.3. The van der Waals surface area contributed by atoms with Crippen LogP contribution in [-0.4, -0.2) is 82.2 Å². The van der Waals surface area contributed by atoms with Crippen LogP contribution in [0.2, 0.25) is 0 Å². The molecule has 1 rings (SSSR count). The fourth-order valence-electron chi connectivity index (χ4n) is 3.66. The number of carbonyl (C=O) groups is 4. The average Bonchev–Trinajstić information content (AvgIpc) is 3.24. The molecule has 0 aliphatic carbocycles. The van der Waals surface area contributed by atoms with E-state index in [1.54, 1.807) is 0 Å². The molecule has 8 N–H and O–H groups in total. The Morgan fingerprint density at radius 3 is 2.34 bits per heavy atom. The van der Waals surface area contributed by atoms with Crippen molar-refractivity contribution in [2.24, 2.45) is 17.4 Å². The normalized spacial score (nSPS) is 20.7. The second-order valence-corrected chi connectivity index (χ2v) is 8.51. The second-order valence-electron chi connectivity index (χ2n) is 8.51. The van der Waals surface area contributed by atoms with E-state index >= 15 is 0 Å². The van der Waals surface area contributed by atoms with Crippen LogP contribution in [0.1, 0.15) is 59.3 Å². The number of hydrogen-bond acceptors (Lipinski definition) is 7. The molecule has 0 saturated carbocycles. The number of nitrogens with two attached hydrogens (primary N) is 2. The summed E-state index contributed by atoms with van der Waals surface area (Å²) >= 11 is 0. The fourth-order valence-corrected chi connectivity index (χ4v) is 3.66. The van der Waals surface area contributed by atoms with Crippen LogP contribution in [0.3, 0.4) is 0 Å². The lowest BCUT2D eigenvalue weighted by molar-refractivity contribution is -0.145. The summed E-state index contributed by atoms with van der Waals surface area (Å²) in [5.41, 5.74) is 11.6. The van der Waals surface area contributed by atoms with Crippen LogP contribution in [0, 0.1) is 5.92 Å². The van der Waals surface area contributed by atoms with E-state index in [0.29, 0.717) is 38.8 Å². The maximum atomic E-state index is 13.0. The first-order valence-electron chi connectivity index (χ1n) is 11.3. The number of nitrogens with one attached hydrogen (secondary N) is 2. The van der Waals surface area contributed by atoms with Crippen molar-refractivity contribution in [2.45, 2.75) is 89.6 Å². The van der Waals surface area contributed by atoms with Crippen LogP contribution >= 0.6 is 0 Å². The van der Waals surface area contributed by atoms with Crippen LogP contribution in [0.15, 0.2) is 0 Å². The molecule has 6 atom stereocenters. The molecule has 1 aliphatic heterocycles. The minimum absolute atomic E-state index is 0.0324. The molecule has 32 heavy (non-hydrogen) atoms. The third-order valence-electron chi connectivity index (χ3n) is 6.01. The van der Waals surface area contributed by atoms with Gasteiger partial charge >= 0.3 is 5.97 Å². The highest BCUT2D eigenvalue weighted by Gasteiger charge is 2.38. The Morgan fingerprint density at radius 1 is 1.16 bits per heavy atom. The molecule has 0 spiro atoms. The van der Waals surface area contributed by atoms with Crippen molar-refractivity contribution >= 4 is 23.7 Å². The van der Waals surface area contributed by atoms with Crippen LogP contribution in [-0.2, 0) is 19.2 Å². The van der Waals surface area contributed by atoms with E-state index in [0.717, 1.165) is 6.42 Å². The molecule has 6 unspecified atom stereocenters. The molecule has 0 aromatic rings. The van der Waals surface area contributed by atoms with Gasteiger partial charge in [-0.2, -0.15) is 0 Å². The van der Waals surface area contributed by atoms with Gasteiger partial charge in [-0.15, -0.1) is 0 Å². The van der Waals surface area contributed by atoms with Gasteiger partial charge in [0.05, 0.1) is 12.1 Å². The number of aliphatic hydroxyl groups excluding tert-OH is 1. The third-order valence-corrected chi connectivity index (χ3v) is 6.01. The Hall–Kier alpha value is -2.24. The summed E-state index contributed by atoms with van der Waals surface area (Å²) in [4.78, 5) is 51.3. The summed E-state index contributed by atoms with van der Waals surface area (Å²) < 4.78 is 0. The topological polar surface area (TPSA) is 188 Å². The standard InChI is InChI=1S/C21H39N5O6/c1-4-12(2)16(23)20(30)26-11-7-9-15(26)19(29)24-14(8-5-6-10-22)18(28)25-17(13(3)27)21(31)32/h12-17,27H,4-11,22-23H2,1-3H3,(H,24,29)(H,25,28)(H,31,32). The number of carboxylic acid groups (broad SMARTS) is 1. The van der Waals surface area contributed by atoms with Crippen molar-refractivity contribution in [2.75, 3.05) is 13.1 Å². The van der Waals surface area contributed by atoms with E-state index < -0.39 is 48.1 Å². The molecular formula is C21H39N5O6. The van der Waals surface area contributed by atoms with Gasteiger partial charge in [-0.25, -0.2) is 4.79 Å². The molecule has 11 heteroatoms. The van der Waals surface area contributed by atoms with E-state index in [-0.39, 0.29) is 18.2 Å². The summed E-state index contributed by atoms with van der Waals surface area (Å²) in [6, 6.07) is -3.97. The number of hydrogen-bond donors (Lipinski definition) is 6. The number of rotatable bonds is 13. The first-order chi connectivity index (χ1) is 15.0. The highest BCUT2D eigenvalue weighted by Crippen LogP contribution is 2.21. The van der Waals surface area contributed by atoms with Crippen LogP contribution in [0.4, 0.5) is 0 Å². The molecule has 0 aromatic carbocycles. The maximum absolute atomic E-state index is 13.0. The number of amides is 3. The summed E-state index contributed by atoms with van der Waals surface area (Å²) in [6.45, 7) is 5.89. The van der Waals surface area contributed by atoms with Crippen molar-refractivity contribution in [3.05, 3.63) is 0 Å². The zero-order chi connectivity index (χ0) is 24.4. The van der Waals surface area contributed by atoms with Crippen molar-refractivity contribution in [3.8, 4) is 0 Å². The largest absolute Gasteiger partial charge is 0.480 e. The minimum atomic E-state index is -1.51. The van der Waals surface area contributed by atoms with E-state index in [1.807, 2.05) is 13.8 Å². The fraction of sp³-hybridized carbons (Fsp3) is 0.810. The molecule has 1 aliphatic rings. The summed E-state index contributed by atoms with van der Waals surface area (Å²) in [7, 11) is 0. The Bertz CT molecular complexity index is 659. The number of unbranched alkanes of at least 4 members (excludes halogenated alkanes) is 1. The van der Waals surface area contributed by atoms with Gasteiger partial charge in [0.1, 0.15) is 12.1 Å². The monoisotopic (exact) mass is 457 g/mol. The summed E-state index contributed by atoms with van der Waals surface area (Å²) in [5, 5.41) is 23.8. The summed E-state index contributed by atoms with van der Waals surface area (Å²) in [6.07, 6.45) is 1.91. The Labute approximate surface area is 189 Å². The van der Waals surface area contributed by atoms with Gasteiger partial charge in [-0.05, 0) is 51.5 Å². The number of aliphatic carboxylic acids is 1. The molecule has 0 bridgehead atoms. The van der Waals surface area contributed by atoms with Crippen molar-refractivity contribution < 1.29 is 29.4 Å². The van der Waals surface area contributed by atoms with Gasteiger partial charge in [0.15, 0.2) is 6.04 Å². The van der Waals surface area contributed by atoms with Crippen LogP contribution < -0.4 is 22.1 Å². The third kappa shape index (κ3) is 7.72. The zero-order valence-electron chi connectivity index (χ0n) is 19.3. The van der Waals surface area contributed by atoms with Crippen molar-refractivity contribution in [1.29, 1.82) is 0 Å². The minimum Gasteiger partial charge on any atom is -0.480 e.